The van der Waals surface area contributed by atoms with Gasteiger partial charge in [0.05, 0.1) is 0 Å². The lowest BCUT2D eigenvalue weighted by Gasteiger charge is -1.99. The van der Waals surface area contributed by atoms with E-state index in [2.05, 4.69) is 42.0 Å². The Morgan fingerprint density at radius 3 is 2.52 bits per heavy atom. The Balaban J connectivity index is 1.82. The largest absolute Gasteiger partial charge is 0.398 e. The van der Waals surface area contributed by atoms with Gasteiger partial charge in [0, 0.05) is 26.6 Å². The third kappa shape index (κ3) is 3.33. The number of hydrogen-bond donors (Lipinski definition) is 1. The SMILES string of the molecule is Nc1cc(-c2nc(Cc3ccc(Br)cc3)no2)ccc1Br. The average Bonchev–Trinajstić information content (AvgIpc) is 2.93. The molecule has 3 aromatic rings. The molecule has 0 saturated heterocycles. The maximum atomic E-state index is 5.86. The molecule has 1 aromatic heterocycles. The van der Waals surface area contributed by atoms with Crippen molar-refractivity contribution in [2.45, 2.75) is 6.42 Å². The van der Waals surface area contributed by atoms with Gasteiger partial charge in [-0.2, -0.15) is 4.98 Å². The molecule has 0 radical (unpaired) electrons. The summed E-state index contributed by atoms with van der Waals surface area (Å²) in [6.07, 6.45) is 0.628. The monoisotopic (exact) mass is 407 g/mol. The molecule has 2 aromatic carbocycles. The van der Waals surface area contributed by atoms with Crippen molar-refractivity contribution in [3.63, 3.8) is 0 Å². The fourth-order valence-electron chi connectivity index (χ4n) is 1.90. The number of anilines is 1. The van der Waals surface area contributed by atoms with Crippen molar-refractivity contribution in [1.29, 1.82) is 0 Å². The van der Waals surface area contributed by atoms with Crippen LogP contribution in [-0.2, 0) is 6.42 Å². The summed E-state index contributed by atoms with van der Waals surface area (Å²) < 4.78 is 7.19. The number of aromatic nitrogens is 2. The van der Waals surface area contributed by atoms with E-state index < -0.39 is 0 Å². The Bertz CT molecular complexity index is 769. The highest BCUT2D eigenvalue weighted by atomic mass is 79.9. The molecule has 1 heterocycles. The van der Waals surface area contributed by atoms with E-state index in [1.165, 1.54) is 0 Å². The van der Waals surface area contributed by atoms with E-state index in [4.69, 9.17) is 10.3 Å². The summed E-state index contributed by atoms with van der Waals surface area (Å²) in [4.78, 5) is 4.41. The molecule has 0 aliphatic carbocycles. The molecule has 0 aliphatic rings. The minimum atomic E-state index is 0.473. The van der Waals surface area contributed by atoms with Gasteiger partial charge in [-0.25, -0.2) is 0 Å². The Morgan fingerprint density at radius 2 is 1.81 bits per heavy atom. The molecule has 0 aliphatic heterocycles. The van der Waals surface area contributed by atoms with Crippen LogP contribution < -0.4 is 5.73 Å². The minimum Gasteiger partial charge on any atom is -0.398 e. The predicted octanol–water partition coefficient (Wildman–Crippen LogP) is 4.43. The fraction of sp³-hybridized carbons (Fsp3) is 0.0667. The lowest BCUT2D eigenvalue weighted by molar-refractivity contribution is 0.424. The number of nitrogens with two attached hydrogens (primary N) is 1. The van der Waals surface area contributed by atoms with Gasteiger partial charge in [0.2, 0.25) is 0 Å². The van der Waals surface area contributed by atoms with Gasteiger partial charge in [-0.15, -0.1) is 0 Å². The summed E-state index contributed by atoms with van der Waals surface area (Å²) >= 11 is 6.77. The van der Waals surface area contributed by atoms with Crippen LogP contribution in [0.15, 0.2) is 55.9 Å². The fourth-order valence-corrected chi connectivity index (χ4v) is 2.42. The van der Waals surface area contributed by atoms with Gasteiger partial charge in [-0.1, -0.05) is 33.2 Å². The zero-order chi connectivity index (χ0) is 14.8. The molecule has 3 rings (SSSR count). The standard InChI is InChI=1S/C15H11Br2N3O/c16-11-4-1-9(2-5-11)7-14-19-15(21-20-14)10-3-6-12(17)13(18)8-10/h1-6,8H,7,18H2. The zero-order valence-electron chi connectivity index (χ0n) is 10.9. The number of hydrogen-bond acceptors (Lipinski definition) is 4. The number of nitrogens with zero attached hydrogens (tertiary/aromatic N) is 2. The molecular weight excluding hydrogens is 398 g/mol. The predicted molar refractivity (Wildman–Crippen MR) is 88.8 cm³/mol. The van der Waals surface area contributed by atoms with Crippen molar-refractivity contribution in [3.05, 3.63) is 62.8 Å². The second kappa shape index (κ2) is 5.99. The lowest BCUT2D eigenvalue weighted by Crippen LogP contribution is -1.91. The highest BCUT2D eigenvalue weighted by Gasteiger charge is 2.10. The van der Waals surface area contributed by atoms with E-state index in [-0.39, 0.29) is 0 Å². The summed E-state index contributed by atoms with van der Waals surface area (Å²) in [7, 11) is 0. The molecular formula is C15H11Br2N3O. The second-order valence-electron chi connectivity index (χ2n) is 4.56. The van der Waals surface area contributed by atoms with E-state index in [0.29, 0.717) is 23.8 Å². The molecule has 4 nitrogen and oxygen atoms in total. The Kier molecular flexibility index (Phi) is 4.07. The van der Waals surface area contributed by atoms with Crippen molar-refractivity contribution in [2.75, 3.05) is 5.73 Å². The first-order valence-electron chi connectivity index (χ1n) is 6.24. The molecule has 0 saturated carbocycles. The Labute approximate surface area is 138 Å². The molecule has 6 heteroatoms. The van der Waals surface area contributed by atoms with Gasteiger partial charge in [0.25, 0.3) is 5.89 Å². The molecule has 0 spiro atoms. The summed E-state index contributed by atoms with van der Waals surface area (Å²) in [5, 5.41) is 4.01. The van der Waals surface area contributed by atoms with E-state index in [0.717, 1.165) is 20.1 Å². The molecule has 0 bridgehead atoms. The number of halogens is 2. The normalized spacial score (nSPS) is 10.8. The van der Waals surface area contributed by atoms with Crippen LogP contribution in [0.4, 0.5) is 5.69 Å². The van der Waals surface area contributed by atoms with Crippen LogP contribution in [-0.4, -0.2) is 10.1 Å². The zero-order valence-corrected chi connectivity index (χ0v) is 14.1. The maximum Gasteiger partial charge on any atom is 0.258 e. The third-order valence-electron chi connectivity index (χ3n) is 2.99. The number of benzene rings is 2. The van der Waals surface area contributed by atoms with Crippen molar-refractivity contribution in [1.82, 2.24) is 10.1 Å². The summed E-state index contributed by atoms with van der Waals surface area (Å²) in [6.45, 7) is 0. The first-order chi connectivity index (χ1) is 10.1. The van der Waals surface area contributed by atoms with Crippen LogP contribution >= 0.6 is 31.9 Å². The highest BCUT2D eigenvalue weighted by molar-refractivity contribution is 9.10. The Morgan fingerprint density at radius 1 is 1.05 bits per heavy atom. The molecule has 0 atom stereocenters. The first kappa shape index (κ1) is 14.3. The average molecular weight is 409 g/mol. The molecule has 2 N–H and O–H groups in total. The molecule has 21 heavy (non-hydrogen) atoms. The van der Waals surface area contributed by atoms with Crippen LogP contribution in [0.5, 0.6) is 0 Å². The second-order valence-corrected chi connectivity index (χ2v) is 6.33. The van der Waals surface area contributed by atoms with E-state index >= 15 is 0 Å². The van der Waals surface area contributed by atoms with Crippen molar-refractivity contribution in [3.8, 4) is 11.5 Å². The van der Waals surface area contributed by atoms with E-state index in [9.17, 15) is 0 Å². The number of nitrogen functional groups attached to an aromatic ring is 1. The highest BCUT2D eigenvalue weighted by Crippen LogP contribution is 2.26. The third-order valence-corrected chi connectivity index (χ3v) is 4.24. The van der Waals surface area contributed by atoms with Gasteiger partial charge >= 0.3 is 0 Å². The quantitative estimate of drug-likeness (QED) is 0.650. The van der Waals surface area contributed by atoms with Gasteiger partial charge in [-0.05, 0) is 51.8 Å². The van der Waals surface area contributed by atoms with E-state index in [1.54, 1.807) is 6.07 Å². The van der Waals surface area contributed by atoms with Gasteiger partial charge < -0.3 is 10.3 Å². The van der Waals surface area contributed by atoms with Gasteiger partial charge in [-0.3, -0.25) is 0 Å². The van der Waals surface area contributed by atoms with Gasteiger partial charge in [0.15, 0.2) is 5.82 Å². The minimum absolute atomic E-state index is 0.473. The summed E-state index contributed by atoms with van der Waals surface area (Å²) in [6, 6.07) is 13.6. The van der Waals surface area contributed by atoms with Crippen LogP contribution in [0, 0.1) is 0 Å². The number of rotatable bonds is 3. The van der Waals surface area contributed by atoms with Crippen LogP contribution in [0.2, 0.25) is 0 Å². The maximum absolute atomic E-state index is 5.86. The summed E-state index contributed by atoms with van der Waals surface area (Å²) in [5.74, 6) is 1.12. The lowest BCUT2D eigenvalue weighted by atomic mass is 10.1. The van der Waals surface area contributed by atoms with Crippen molar-refractivity contribution >= 4 is 37.5 Å². The summed E-state index contributed by atoms with van der Waals surface area (Å²) in [5.41, 5.74) is 8.44. The molecule has 0 amide bonds. The van der Waals surface area contributed by atoms with Gasteiger partial charge in [0.1, 0.15) is 0 Å². The van der Waals surface area contributed by atoms with Crippen LogP contribution in [0.25, 0.3) is 11.5 Å². The molecule has 106 valence electrons. The topological polar surface area (TPSA) is 64.9 Å². The van der Waals surface area contributed by atoms with Crippen molar-refractivity contribution in [2.24, 2.45) is 0 Å². The van der Waals surface area contributed by atoms with Crippen molar-refractivity contribution < 1.29 is 4.52 Å². The smallest absolute Gasteiger partial charge is 0.258 e. The molecule has 0 unspecified atom stereocenters. The van der Waals surface area contributed by atoms with E-state index in [1.807, 2.05) is 36.4 Å². The van der Waals surface area contributed by atoms with Crippen LogP contribution in [0.1, 0.15) is 11.4 Å². The Hall–Kier alpha value is -1.66. The molecule has 0 fully saturated rings. The van der Waals surface area contributed by atoms with Crippen LogP contribution in [0.3, 0.4) is 0 Å². The first-order valence-corrected chi connectivity index (χ1v) is 7.83.